The minimum Gasteiger partial charge on any atom is -0.466 e. The Hall–Kier alpha value is -1.04. The predicted octanol–water partition coefficient (Wildman–Crippen LogP) is 3.11. The van der Waals surface area contributed by atoms with Gasteiger partial charge < -0.3 is 19.7 Å². The van der Waals surface area contributed by atoms with E-state index in [9.17, 15) is 0 Å². The summed E-state index contributed by atoms with van der Waals surface area (Å²) in [5.74, 6) is 0.768. The number of rotatable bonds is 4. The van der Waals surface area contributed by atoms with Gasteiger partial charge in [0.25, 0.3) is 0 Å². The van der Waals surface area contributed by atoms with Crippen molar-refractivity contribution in [2.45, 2.75) is 31.5 Å². The van der Waals surface area contributed by atoms with Crippen molar-refractivity contribution in [2.75, 3.05) is 20.3 Å². The van der Waals surface area contributed by atoms with Crippen LogP contribution in [0.2, 0.25) is 5.02 Å². The number of methoxy groups -OCH3 is 1. The molecule has 3 rings (SSSR count). The molecule has 2 bridgehead atoms. The van der Waals surface area contributed by atoms with E-state index in [1.165, 1.54) is 0 Å². The molecule has 1 aromatic carbocycles. The van der Waals surface area contributed by atoms with Gasteiger partial charge in [-0.2, -0.15) is 0 Å². The fraction of sp³-hybridized carbons (Fsp3) is 0.533. The van der Waals surface area contributed by atoms with Gasteiger partial charge in [0.2, 0.25) is 0 Å². The minimum absolute atomic E-state index is 0.156. The molecular formula is C15H19ClN2O2S. The van der Waals surface area contributed by atoms with Crippen LogP contribution in [0.3, 0.4) is 0 Å². The number of hydrogen-bond donors (Lipinski definition) is 1. The number of fused-ring (bicyclic) bond motifs is 4. The summed E-state index contributed by atoms with van der Waals surface area (Å²) in [4.78, 5) is 2.10. The molecule has 4 nitrogen and oxygen atoms in total. The van der Waals surface area contributed by atoms with Crippen LogP contribution < -0.4 is 10.1 Å². The van der Waals surface area contributed by atoms with Crippen LogP contribution in [-0.2, 0) is 4.74 Å². The molecule has 1 aromatic rings. The van der Waals surface area contributed by atoms with Gasteiger partial charge in [0.1, 0.15) is 5.75 Å². The highest BCUT2D eigenvalue weighted by atomic mass is 35.5. The zero-order valence-corrected chi connectivity index (χ0v) is 13.8. The molecule has 21 heavy (non-hydrogen) atoms. The maximum atomic E-state index is 6.30. The Kier molecular flexibility index (Phi) is 3.99. The van der Waals surface area contributed by atoms with Crippen LogP contribution in [0.25, 0.3) is 0 Å². The lowest BCUT2D eigenvalue weighted by molar-refractivity contribution is -0.0697. The summed E-state index contributed by atoms with van der Waals surface area (Å²) < 4.78 is 11.4. The van der Waals surface area contributed by atoms with Gasteiger partial charge >= 0.3 is 0 Å². The molecule has 0 unspecified atom stereocenters. The standard InChI is InChI=1S/C15H19ClN2O2S/c1-15-9-12(10-5-3-6-11(16)13(10)20-15)17-14(21)18(15)7-4-8-19-2/h3,5-6,12H,4,7-9H2,1-2H3,(H,17,21)/t12-,15+/m0/s1. The van der Waals surface area contributed by atoms with Crippen LogP contribution >= 0.6 is 23.8 Å². The molecule has 1 fully saturated rings. The lowest BCUT2D eigenvalue weighted by Gasteiger charge is -2.52. The van der Waals surface area contributed by atoms with E-state index in [1.54, 1.807) is 7.11 Å². The topological polar surface area (TPSA) is 33.7 Å². The van der Waals surface area contributed by atoms with Gasteiger partial charge in [-0.25, -0.2) is 0 Å². The highest BCUT2D eigenvalue weighted by molar-refractivity contribution is 7.80. The van der Waals surface area contributed by atoms with Crippen molar-refractivity contribution in [1.29, 1.82) is 0 Å². The highest BCUT2D eigenvalue weighted by Gasteiger charge is 2.47. The van der Waals surface area contributed by atoms with Gasteiger partial charge in [0, 0.05) is 32.2 Å². The normalized spacial score (nSPS) is 26.9. The smallest absolute Gasteiger partial charge is 0.184 e. The van der Waals surface area contributed by atoms with E-state index in [0.29, 0.717) is 11.6 Å². The van der Waals surface area contributed by atoms with Crippen molar-refractivity contribution >= 4 is 28.9 Å². The summed E-state index contributed by atoms with van der Waals surface area (Å²) in [6.45, 7) is 3.57. The molecule has 6 heteroatoms. The SMILES string of the molecule is COCCCN1C(=S)N[C@H]2C[C@@]1(C)Oc1c(Cl)cccc12. The Morgan fingerprint density at radius 3 is 3.14 bits per heavy atom. The zero-order chi connectivity index (χ0) is 15.0. The number of halogens is 1. The molecule has 2 heterocycles. The maximum Gasteiger partial charge on any atom is 0.184 e. The Morgan fingerprint density at radius 2 is 2.38 bits per heavy atom. The van der Waals surface area contributed by atoms with Gasteiger partial charge in [0.15, 0.2) is 10.8 Å². The molecule has 2 aliphatic heterocycles. The van der Waals surface area contributed by atoms with Crippen LogP contribution in [0, 0.1) is 0 Å². The molecule has 1 N–H and O–H groups in total. The van der Waals surface area contributed by atoms with E-state index >= 15 is 0 Å². The van der Waals surface area contributed by atoms with Crippen LogP contribution in [0.15, 0.2) is 18.2 Å². The molecule has 0 aromatic heterocycles. The second-order valence-corrected chi connectivity index (χ2v) is 6.43. The second-order valence-electron chi connectivity index (χ2n) is 5.64. The summed E-state index contributed by atoms with van der Waals surface area (Å²) in [7, 11) is 1.71. The van der Waals surface area contributed by atoms with Gasteiger partial charge in [0.05, 0.1) is 11.1 Å². The number of para-hydroxylation sites is 1. The molecule has 1 saturated heterocycles. The number of ether oxygens (including phenoxy) is 2. The van der Waals surface area contributed by atoms with E-state index < -0.39 is 5.72 Å². The summed E-state index contributed by atoms with van der Waals surface area (Å²) in [6, 6.07) is 6.01. The largest absolute Gasteiger partial charge is 0.466 e. The number of thiocarbonyl (C=S) groups is 1. The van der Waals surface area contributed by atoms with E-state index in [2.05, 4.69) is 17.1 Å². The van der Waals surface area contributed by atoms with Crippen LogP contribution in [0.1, 0.15) is 31.4 Å². The van der Waals surface area contributed by atoms with Gasteiger partial charge in [-0.05, 0) is 31.6 Å². The zero-order valence-electron chi connectivity index (χ0n) is 12.2. The predicted molar refractivity (Wildman–Crippen MR) is 86.8 cm³/mol. The number of nitrogens with one attached hydrogen (secondary N) is 1. The quantitative estimate of drug-likeness (QED) is 0.679. The summed E-state index contributed by atoms with van der Waals surface area (Å²) in [5, 5.41) is 4.79. The molecule has 0 spiro atoms. The van der Waals surface area contributed by atoms with Crippen molar-refractivity contribution in [3.63, 3.8) is 0 Å². The van der Waals surface area contributed by atoms with Crippen LogP contribution in [-0.4, -0.2) is 36.0 Å². The third kappa shape index (κ3) is 2.58. The van der Waals surface area contributed by atoms with Crippen molar-refractivity contribution in [1.82, 2.24) is 10.2 Å². The average Bonchev–Trinajstić information content (AvgIpc) is 2.43. The molecule has 2 atom stereocenters. The molecule has 0 radical (unpaired) electrons. The number of nitrogens with zero attached hydrogens (tertiary/aromatic N) is 1. The monoisotopic (exact) mass is 326 g/mol. The van der Waals surface area contributed by atoms with Crippen molar-refractivity contribution in [2.24, 2.45) is 0 Å². The molecule has 2 aliphatic rings. The van der Waals surface area contributed by atoms with E-state index in [0.717, 1.165) is 35.8 Å². The van der Waals surface area contributed by atoms with Gasteiger partial charge in [-0.15, -0.1) is 0 Å². The first-order valence-corrected chi connectivity index (χ1v) is 7.88. The fourth-order valence-electron chi connectivity index (χ4n) is 3.10. The first kappa shape index (κ1) is 14.9. The third-order valence-electron chi connectivity index (χ3n) is 4.12. The molecule has 0 aliphatic carbocycles. The maximum absolute atomic E-state index is 6.30. The average molecular weight is 327 g/mol. The Morgan fingerprint density at radius 1 is 1.57 bits per heavy atom. The van der Waals surface area contributed by atoms with E-state index in [4.69, 9.17) is 33.3 Å². The van der Waals surface area contributed by atoms with Crippen molar-refractivity contribution < 1.29 is 9.47 Å². The summed E-state index contributed by atoms with van der Waals surface area (Å²) >= 11 is 11.8. The highest BCUT2D eigenvalue weighted by Crippen LogP contribution is 2.46. The van der Waals surface area contributed by atoms with Crippen LogP contribution in [0.5, 0.6) is 5.75 Å². The molecule has 114 valence electrons. The fourth-order valence-corrected chi connectivity index (χ4v) is 3.75. The lowest BCUT2D eigenvalue weighted by atomic mass is 9.90. The van der Waals surface area contributed by atoms with Gasteiger partial charge in [-0.1, -0.05) is 23.7 Å². The molecular weight excluding hydrogens is 308 g/mol. The minimum atomic E-state index is -0.460. The van der Waals surface area contributed by atoms with Gasteiger partial charge in [-0.3, -0.25) is 0 Å². The third-order valence-corrected chi connectivity index (χ3v) is 4.76. The van der Waals surface area contributed by atoms with Crippen molar-refractivity contribution in [3.05, 3.63) is 28.8 Å². The first-order chi connectivity index (χ1) is 10.0. The van der Waals surface area contributed by atoms with E-state index in [1.807, 2.05) is 18.2 Å². The summed E-state index contributed by atoms with van der Waals surface area (Å²) in [6.07, 6.45) is 1.74. The Bertz CT molecular complexity index is 569. The Balaban J connectivity index is 1.91. The number of benzene rings is 1. The van der Waals surface area contributed by atoms with E-state index in [-0.39, 0.29) is 6.04 Å². The molecule has 0 saturated carbocycles. The van der Waals surface area contributed by atoms with Crippen LogP contribution in [0.4, 0.5) is 0 Å². The number of hydrogen-bond acceptors (Lipinski definition) is 3. The lowest BCUT2D eigenvalue weighted by Crippen LogP contribution is -2.64. The Labute approximate surface area is 135 Å². The molecule has 0 amide bonds. The van der Waals surface area contributed by atoms with Crippen molar-refractivity contribution in [3.8, 4) is 5.75 Å². The summed E-state index contributed by atoms with van der Waals surface area (Å²) in [5.41, 5.74) is 0.623. The second kappa shape index (κ2) is 5.63. The first-order valence-electron chi connectivity index (χ1n) is 7.09.